The summed E-state index contributed by atoms with van der Waals surface area (Å²) in [5.74, 6) is 2.78. The van der Waals surface area contributed by atoms with Crippen LogP contribution in [0.3, 0.4) is 0 Å². The van der Waals surface area contributed by atoms with Gasteiger partial charge in [-0.15, -0.1) is 0 Å². The van der Waals surface area contributed by atoms with E-state index in [1.54, 1.807) is 0 Å². The Morgan fingerprint density at radius 3 is 3.00 bits per heavy atom. The molecule has 0 saturated carbocycles. The molecule has 1 N–H and O–H groups in total. The summed E-state index contributed by atoms with van der Waals surface area (Å²) >= 11 is 2.01. The largest absolute Gasteiger partial charge is 0.393 e. The average Bonchev–Trinajstić information content (AvgIpc) is 2.91. The predicted molar refractivity (Wildman–Crippen MR) is 87.9 cm³/mol. The maximum absolute atomic E-state index is 10.8. The van der Waals surface area contributed by atoms with Gasteiger partial charge in [-0.05, 0) is 51.4 Å². The molecule has 1 spiro atoms. The van der Waals surface area contributed by atoms with E-state index in [1.165, 1.54) is 12.2 Å². The molecule has 0 radical (unpaired) electrons. The Labute approximate surface area is 133 Å². The van der Waals surface area contributed by atoms with E-state index in [4.69, 9.17) is 4.74 Å². The average molecular weight is 314 g/mol. The minimum Gasteiger partial charge on any atom is -0.393 e. The number of likely N-dealkylation sites (N-methyl/N-ethyl adjacent to an activating group) is 2. The lowest BCUT2D eigenvalue weighted by Crippen LogP contribution is -2.52. The van der Waals surface area contributed by atoms with Crippen molar-refractivity contribution < 1.29 is 9.84 Å². The van der Waals surface area contributed by atoms with E-state index in [0.29, 0.717) is 12.0 Å². The molecule has 4 unspecified atom stereocenters. The van der Waals surface area contributed by atoms with Crippen LogP contribution in [0.5, 0.6) is 0 Å². The first-order valence-corrected chi connectivity index (χ1v) is 9.52. The van der Waals surface area contributed by atoms with Crippen molar-refractivity contribution >= 4 is 11.8 Å². The van der Waals surface area contributed by atoms with E-state index >= 15 is 0 Å². The molecule has 21 heavy (non-hydrogen) atoms. The second kappa shape index (κ2) is 6.75. The first-order chi connectivity index (χ1) is 10.1. The maximum Gasteiger partial charge on any atom is 0.0783 e. The van der Waals surface area contributed by atoms with Crippen LogP contribution < -0.4 is 0 Å². The predicted octanol–water partition coefficient (Wildman–Crippen LogP) is 1.29. The Hall–Kier alpha value is 0.190. The molecule has 3 fully saturated rings. The summed E-state index contributed by atoms with van der Waals surface area (Å²) < 4.78 is 6.08. The van der Waals surface area contributed by atoms with Gasteiger partial charge >= 0.3 is 0 Å². The summed E-state index contributed by atoms with van der Waals surface area (Å²) in [7, 11) is 4.38. The molecule has 5 heteroatoms. The zero-order valence-corrected chi connectivity index (χ0v) is 14.3. The summed E-state index contributed by atoms with van der Waals surface area (Å²) in [4.78, 5) is 4.81. The van der Waals surface area contributed by atoms with Crippen molar-refractivity contribution in [3.8, 4) is 0 Å². The van der Waals surface area contributed by atoms with Crippen LogP contribution in [0.15, 0.2) is 0 Å². The molecule has 3 heterocycles. The zero-order chi connectivity index (χ0) is 14.9. The Morgan fingerprint density at radius 2 is 2.24 bits per heavy atom. The number of aliphatic hydroxyl groups is 1. The number of thioether (sulfide) groups is 1. The van der Waals surface area contributed by atoms with E-state index < -0.39 is 0 Å². The summed E-state index contributed by atoms with van der Waals surface area (Å²) in [6, 6.07) is 0.496. The van der Waals surface area contributed by atoms with E-state index in [9.17, 15) is 5.11 Å². The van der Waals surface area contributed by atoms with Crippen molar-refractivity contribution in [3.63, 3.8) is 0 Å². The number of nitrogens with zero attached hydrogens (tertiary/aromatic N) is 2. The van der Waals surface area contributed by atoms with Gasteiger partial charge in [0, 0.05) is 38.0 Å². The van der Waals surface area contributed by atoms with Crippen molar-refractivity contribution in [2.75, 3.05) is 51.8 Å². The lowest BCUT2D eigenvalue weighted by atomic mass is 9.80. The zero-order valence-electron chi connectivity index (χ0n) is 13.5. The molecule has 0 aliphatic carbocycles. The van der Waals surface area contributed by atoms with Gasteiger partial charge in [0.25, 0.3) is 0 Å². The lowest BCUT2D eigenvalue weighted by molar-refractivity contribution is -0.105. The first kappa shape index (κ1) is 16.1. The number of aliphatic hydroxyl groups excluding tert-OH is 1. The monoisotopic (exact) mass is 314 g/mol. The van der Waals surface area contributed by atoms with Gasteiger partial charge in [-0.25, -0.2) is 0 Å². The van der Waals surface area contributed by atoms with Crippen LogP contribution >= 0.6 is 11.8 Å². The smallest absolute Gasteiger partial charge is 0.0783 e. The maximum atomic E-state index is 10.8. The second-order valence-corrected chi connectivity index (χ2v) is 8.39. The highest BCUT2D eigenvalue weighted by molar-refractivity contribution is 7.99. The summed E-state index contributed by atoms with van der Waals surface area (Å²) in [5.41, 5.74) is 0.0871. The summed E-state index contributed by atoms with van der Waals surface area (Å²) in [6.45, 7) is 4.17. The van der Waals surface area contributed by atoms with Crippen molar-refractivity contribution in [1.82, 2.24) is 9.80 Å². The fourth-order valence-corrected chi connectivity index (χ4v) is 5.46. The highest BCUT2D eigenvalue weighted by Crippen LogP contribution is 2.41. The van der Waals surface area contributed by atoms with E-state index in [1.807, 2.05) is 11.8 Å². The van der Waals surface area contributed by atoms with Crippen LogP contribution in [0.2, 0.25) is 0 Å². The van der Waals surface area contributed by atoms with Gasteiger partial charge in [0.15, 0.2) is 0 Å². The molecular weight excluding hydrogens is 284 g/mol. The quantitative estimate of drug-likeness (QED) is 0.849. The van der Waals surface area contributed by atoms with Gasteiger partial charge in [-0.3, -0.25) is 0 Å². The highest BCUT2D eigenvalue weighted by Gasteiger charge is 2.42. The van der Waals surface area contributed by atoms with E-state index in [0.717, 1.165) is 51.3 Å². The fourth-order valence-electron chi connectivity index (χ4n) is 4.08. The third-order valence-corrected chi connectivity index (χ3v) is 6.86. The third-order valence-electron chi connectivity index (χ3n) is 5.64. The molecule has 3 aliphatic rings. The first-order valence-electron chi connectivity index (χ1n) is 8.36. The van der Waals surface area contributed by atoms with Gasteiger partial charge in [0.05, 0.1) is 11.7 Å². The van der Waals surface area contributed by atoms with Crippen LogP contribution in [0.1, 0.15) is 25.7 Å². The molecule has 0 aromatic carbocycles. The Morgan fingerprint density at radius 1 is 1.38 bits per heavy atom. The van der Waals surface area contributed by atoms with Gasteiger partial charge in [-0.2, -0.15) is 11.8 Å². The summed E-state index contributed by atoms with van der Waals surface area (Å²) in [5, 5.41) is 10.8. The number of ether oxygens (including phenoxy) is 1. The molecule has 0 amide bonds. The van der Waals surface area contributed by atoms with Crippen LogP contribution in [-0.2, 0) is 4.74 Å². The van der Waals surface area contributed by atoms with Crippen LogP contribution in [0.4, 0.5) is 0 Å². The lowest BCUT2D eigenvalue weighted by Gasteiger charge is -2.42. The number of hydrogen-bond acceptors (Lipinski definition) is 5. The van der Waals surface area contributed by atoms with Crippen LogP contribution in [0, 0.1) is 5.92 Å². The molecule has 0 aromatic rings. The van der Waals surface area contributed by atoms with E-state index in [-0.39, 0.29) is 11.7 Å². The Bertz CT molecular complexity index is 349. The Kier molecular flexibility index (Phi) is 5.16. The van der Waals surface area contributed by atoms with Gasteiger partial charge in [0.1, 0.15) is 0 Å². The minimum atomic E-state index is -0.171. The number of hydrogen-bond donors (Lipinski definition) is 1. The minimum absolute atomic E-state index is 0.0871. The van der Waals surface area contributed by atoms with Gasteiger partial charge in [-0.1, -0.05) is 0 Å². The van der Waals surface area contributed by atoms with Crippen molar-refractivity contribution in [3.05, 3.63) is 0 Å². The molecule has 3 aliphatic heterocycles. The SMILES string of the molecule is CN1CCN(C)C(CC(O)C2CCOC3(CCSC3)C2)C1. The molecule has 4 atom stereocenters. The third kappa shape index (κ3) is 3.75. The normalized spacial score (nSPS) is 40.7. The van der Waals surface area contributed by atoms with Crippen LogP contribution in [0.25, 0.3) is 0 Å². The molecular formula is C16H30N2O2S. The molecule has 3 saturated heterocycles. The number of rotatable bonds is 3. The van der Waals surface area contributed by atoms with Gasteiger partial charge < -0.3 is 19.6 Å². The van der Waals surface area contributed by atoms with Gasteiger partial charge in [0.2, 0.25) is 0 Å². The summed E-state index contributed by atoms with van der Waals surface area (Å²) in [6.07, 6.45) is 4.00. The Balaban J connectivity index is 1.55. The molecule has 0 bridgehead atoms. The molecule has 4 nitrogen and oxygen atoms in total. The fraction of sp³-hybridized carbons (Fsp3) is 1.00. The highest BCUT2D eigenvalue weighted by atomic mass is 32.2. The second-order valence-electron chi connectivity index (χ2n) is 7.29. The van der Waals surface area contributed by atoms with Crippen molar-refractivity contribution in [1.29, 1.82) is 0 Å². The molecule has 3 rings (SSSR count). The standard InChI is InChI=1S/C16H30N2O2S/c1-17-5-6-18(2)14(11-17)9-15(19)13-3-7-20-16(10-13)4-8-21-12-16/h13-15,19H,3-12H2,1-2H3. The molecule has 122 valence electrons. The van der Waals surface area contributed by atoms with E-state index in [2.05, 4.69) is 23.9 Å². The van der Waals surface area contributed by atoms with Crippen LogP contribution in [-0.4, -0.2) is 84.5 Å². The number of piperazine rings is 1. The molecule has 0 aromatic heterocycles. The topological polar surface area (TPSA) is 35.9 Å². The van der Waals surface area contributed by atoms with Crippen molar-refractivity contribution in [2.24, 2.45) is 5.92 Å². The van der Waals surface area contributed by atoms with Crippen molar-refractivity contribution in [2.45, 2.75) is 43.4 Å².